The standard InChI is InChI=1S/C12H15N3O/c1-2-10-11(13)14-12(16)15(10)8-9-6-4-3-5-7-9/h3-7,10H,2,8H2,1H3,(H2,13,14,16). The Kier molecular flexibility index (Phi) is 2.90. The van der Waals surface area contributed by atoms with Crippen LogP contribution in [0.3, 0.4) is 0 Å². The number of urea groups is 1. The monoisotopic (exact) mass is 217 g/mol. The van der Waals surface area contributed by atoms with Crippen molar-refractivity contribution in [2.45, 2.75) is 25.9 Å². The molecule has 84 valence electrons. The Labute approximate surface area is 94.8 Å². The molecular weight excluding hydrogens is 202 g/mol. The van der Waals surface area contributed by atoms with Gasteiger partial charge in [0, 0.05) is 6.54 Å². The topological polar surface area (TPSA) is 56.2 Å². The van der Waals surface area contributed by atoms with Crippen molar-refractivity contribution in [3.63, 3.8) is 0 Å². The predicted octanol–water partition coefficient (Wildman–Crippen LogP) is 1.97. The predicted molar refractivity (Wildman–Crippen MR) is 62.3 cm³/mol. The fraction of sp³-hybridized carbons (Fsp3) is 0.333. The van der Waals surface area contributed by atoms with E-state index in [1.165, 1.54) is 0 Å². The van der Waals surface area contributed by atoms with Gasteiger partial charge in [-0.3, -0.25) is 10.7 Å². The summed E-state index contributed by atoms with van der Waals surface area (Å²) in [5, 5.41) is 10.2. The van der Waals surface area contributed by atoms with Gasteiger partial charge in [0.05, 0.1) is 6.04 Å². The number of rotatable bonds is 3. The molecule has 1 aliphatic heterocycles. The molecule has 0 spiro atoms. The molecule has 16 heavy (non-hydrogen) atoms. The minimum absolute atomic E-state index is 0.104. The molecule has 0 saturated carbocycles. The van der Waals surface area contributed by atoms with E-state index in [1.807, 2.05) is 37.3 Å². The average molecular weight is 217 g/mol. The Hall–Kier alpha value is -1.84. The molecular formula is C12H15N3O. The molecule has 1 aliphatic rings. The van der Waals surface area contributed by atoms with Crippen LogP contribution in [-0.4, -0.2) is 22.8 Å². The van der Waals surface area contributed by atoms with Crippen LogP contribution in [0.2, 0.25) is 0 Å². The summed E-state index contributed by atoms with van der Waals surface area (Å²) in [6, 6.07) is 9.57. The highest BCUT2D eigenvalue weighted by Crippen LogP contribution is 2.16. The molecule has 1 heterocycles. The maximum absolute atomic E-state index is 11.6. The third-order valence-electron chi connectivity index (χ3n) is 2.79. The van der Waals surface area contributed by atoms with E-state index in [9.17, 15) is 4.79 Å². The highest BCUT2D eigenvalue weighted by atomic mass is 16.2. The molecule has 2 rings (SSSR count). The summed E-state index contributed by atoms with van der Waals surface area (Å²) in [6.45, 7) is 2.55. The van der Waals surface area contributed by atoms with E-state index in [-0.39, 0.29) is 12.1 Å². The second-order valence-corrected chi connectivity index (χ2v) is 3.88. The van der Waals surface area contributed by atoms with Gasteiger partial charge < -0.3 is 4.90 Å². The molecule has 1 unspecified atom stereocenters. The number of amidine groups is 1. The van der Waals surface area contributed by atoms with Crippen LogP contribution in [0.4, 0.5) is 4.79 Å². The maximum Gasteiger partial charge on any atom is 0.323 e. The minimum Gasteiger partial charge on any atom is -0.310 e. The molecule has 2 amide bonds. The summed E-state index contributed by atoms with van der Waals surface area (Å²) in [4.78, 5) is 13.3. The summed E-state index contributed by atoms with van der Waals surface area (Å²) in [5.41, 5.74) is 1.09. The van der Waals surface area contributed by atoms with Crippen molar-refractivity contribution >= 4 is 11.9 Å². The smallest absolute Gasteiger partial charge is 0.310 e. The van der Waals surface area contributed by atoms with Gasteiger partial charge in [0.15, 0.2) is 0 Å². The van der Waals surface area contributed by atoms with Crippen molar-refractivity contribution in [1.82, 2.24) is 10.2 Å². The first-order valence-corrected chi connectivity index (χ1v) is 5.42. The number of carbonyl (C=O) groups is 1. The SMILES string of the molecule is CCC1C(=N)NC(=O)N1Cc1ccccc1. The van der Waals surface area contributed by atoms with Gasteiger partial charge in [-0.15, -0.1) is 0 Å². The molecule has 1 saturated heterocycles. The van der Waals surface area contributed by atoms with Gasteiger partial charge in [0.1, 0.15) is 5.84 Å². The van der Waals surface area contributed by atoms with Crippen molar-refractivity contribution in [2.24, 2.45) is 0 Å². The molecule has 4 nitrogen and oxygen atoms in total. The van der Waals surface area contributed by atoms with Gasteiger partial charge in [-0.1, -0.05) is 37.3 Å². The Balaban J connectivity index is 2.14. The van der Waals surface area contributed by atoms with Crippen molar-refractivity contribution in [1.29, 1.82) is 5.41 Å². The fourth-order valence-electron chi connectivity index (χ4n) is 1.95. The Morgan fingerprint density at radius 1 is 1.38 bits per heavy atom. The zero-order chi connectivity index (χ0) is 11.5. The van der Waals surface area contributed by atoms with Crippen molar-refractivity contribution in [3.8, 4) is 0 Å². The van der Waals surface area contributed by atoms with Crippen LogP contribution in [0, 0.1) is 5.41 Å². The Bertz CT molecular complexity index is 402. The molecule has 1 fully saturated rings. The molecule has 0 bridgehead atoms. The van der Waals surface area contributed by atoms with Crippen LogP contribution >= 0.6 is 0 Å². The van der Waals surface area contributed by atoms with E-state index >= 15 is 0 Å². The average Bonchev–Trinajstić information content (AvgIpc) is 2.55. The fourth-order valence-corrected chi connectivity index (χ4v) is 1.95. The number of carbonyl (C=O) groups excluding carboxylic acids is 1. The number of hydrogen-bond acceptors (Lipinski definition) is 2. The second-order valence-electron chi connectivity index (χ2n) is 3.88. The van der Waals surface area contributed by atoms with Crippen molar-refractivity contribution in [2.75, 3.05) is 0 Å². The highest BCUT2D eigenvalue weighted by molar-refractivity contribution is 6.05. The molecule has 4 heteroatoms. The number of benzene rings is 1. The summed E-state index contributed by atoms with van der Waals surface area (Å²) in [7, 11) is 0. The van der Waals surface area contributed by atoms with E-state index in [2.05, 4.69) is 5.32 Å². The van der Waals surface area contributed by atoms with Gasteiger partial charge in [-0.25, -0.2) is 4.79 Å². The second kappa shape index (κ2) is 4.35. The number of nitrogens with zero attached hydrogens (tertiary/aromatic N) is 1. The lowest BCUT2D eigenvalue weighted by atomic mass is 10.1. The number of hydrogen-bond donors (Lipinski definition) is 2. The van der Waals surface area contributed by atoms with Gasteiger partial charge >= 0.3 is 6.03 Å². The molecule has 0 aliphatic carbocycles. The zero-order valence-corrected chi connectivity index (χ0v) is 9.23. The third-order valence-corrected chi connectivity index (χ3v) is 2.79. The van der Waals surface area contributed by atoms with Crippen LogP contribution in [-0.2, 0) is 6.54 Å². The van der Waals surface area contributed by atoms with Gasteiger partial charge in [0.2, 0.25) is 0 Å². The molecule has 2 N–H and O–H groups in total. The molecule has 0 radical (unpaired) electrons. The van der Waals surface area contributed by atoms with Crippen LogP contribution in [0.15, 0.2) is 30.3 Å². The minimum atomic E-state index is -0.166. The number of nitrogens with one attached hydrogen (secondary N) is 2. The first kappa shape index (κ1) is 10.7. The highest BCUT2D eigenvalue weighted by Gasteiger charge is 2.33. The van der Waals surface area contributed by atoms with E-state index in [4.69, 9.17) is 5.41 Å². The normalized spacial score (nSPS) is 20.1. The Morgan fingerprint density at radius 3 is 2.69 bits per heavy atom. The summed E-state index contributed by atoms with van der Waals surface area (Å²) < 4.78 is 0. The van der Waals surface area contributed by atoms with Gasteiger partial charge in [0.25, 0.3) is 0 Å². The van der Waals surface area contributed by atoms with Crippen LogP contribution in [0.25, 0.3) is 0 Å². The van der Waals surface area contributed by atoms with Gasteiger partial charge in [-0.05, 0) is 12.0 Å². The van der Waals surface area contributed by atoms with E-state index in [0.29, 0.717) is 12.4 Å². The molecule has 1 atom stereocenters. The van der Waals surface area contributed by atoms with Crippen LogP contribution < -0.4 is 5.32 Å². The quantitative estimate of drug-likeness (QED) is 0.799. The lowest BCUT2D eigenvalue weighted by Crippen LogP contribution is -2.33. The summed E-state index contributed by atoms with van der Waals surface area (Å²) >= 11 is 0. The zero-order valence-electron chi connectivity index (χ0n) is 9.23. The lowest BCUT2D eigenvalue weighted by molar-refractivity contribution is 0.201. The third kappa shape index (κ3) is 1.91. The Morgan fingerprint density at radius 2 is 2.06 bits per heavy atom. The van der Waals surface area contributed by atoms with Gasteiger partial charge in [-0.2, -0.15) is 0 Å². The van der Waals surface area contributed by atoms with Crippen molar-refractivity contribution < 1.29 is 4.79 Å². The summed E-state index contributed by atoms with van der Waals surface area (Å²) in [6.07, 6.45) is 0.768. The van der Waals surface area contributed by atoms with Crippen LogP contribution in [0.5, 0.6) is 0 Å². The largest absolute Gasteiger partial charge is 0.323 e. The van der Waals surface area contributed by atoms with E-state index in [1.54, 1.807) is 4.90 Å². The maximum atomic E-state index is 11.6. The summed E-state index contributed by atoms with van der Waals surface area (Å²) in [5.74, 6) is 0.309. The van der Waals surface area contributed by atoms with Crippen LogP contribution in [0.1, 0.15) is 18.9 Å². The first-order chi connectivity index (χ1) is 7.72. The van der Waals surface area contributed by atoms with Crippen molar-refractivity contribution in [3.05, 3.63) is 35.9 Å². The molecule has 1 aromatic rings. The number of amides is 2. The molecule has 1 aromatic carbocycles. The van der Waals surface area contributed by atoms with E-state index in [0.717, 1.165) is 12.0 Å². The molecule has 0 aromatic heterocycles. The van der Waals surface area contributed by atoms with E-state index < -0.39 is 0 Å². The lowest BCUT2D eigenvalue weighted by Gasteiger charge is -2.21. The first-order valence-electron chi connectivity index (χ1n) is 5.42.